The van der Waals surface area contributed by atoms with Gasteiger partial charge < -0.3 is 20.6 Å². The van der Waals surface area contributed by atoms with Crippen molar-refractivity contribution in [3.05, 3.63) is 30.3 Å². The monoisotopic (exact) mass is 377 g/mol. The van der Waals surface area contributed by atoms with E-state index in [1.165, 1.54) is 16.7 Å². The minimum absolute atomic E-state index is 0. The molecule has 1 aromatic carbocycles. The molecule has 25 heavy (non-hydrogen) atoms. The fourth-order valence-corrected chi connectivity index (χ4v) is 4.34. The molecule has 3 N–H and O–H groups in total. The summed E-state index contributed by atoms with van der Waals surface area (Å²) in [4.78, 5) is 35.3. The summed E-state index contributed by atoms with van der Waals surface area (Å²) >= 11 is 7.30. The molecule has 2 saturated heterocycles. The van der Waals surface area contributed by atoms with E-state index in [-0.39, 0.29) is 54.9 Å². The first-order chi connectivity index (χ1) is 11.4. The third kappa shape index (κ3) is 4.09. The summed E-state index contributed by atoms with van der Waals surface area (Å²) in [5, 5.41) is 14.5. The van der Waals surface area contributed by atoms with Gasteiger partial charge in [0.15, 0.2) is 4.87 Å². The van der Waals surface area contributed by atoms with Crippen LogP contribution in [0.2, 0.25) is 0 Å². The van der Waals surface area contributed by atoms with E-state index in [0.717, 1.165) is 5.69 Å². The third-order valence-corrected chi connectivity index (χ3v) is 6.07. The molecule has 2 amide bonds. The van der Waals surface area contributed by atoms with E-state index >= 15 is 0 Å². The Morgan fingerprint density at radius 2 is 2.04 bits per heavy atom. The van der Waals surface area contributed by atoms with Crippen LogP contribution in [0.25, 0.3) is 0 Å². The van der Waals surface area contributed by atoms with Crippen molar-refractivity contribution in [3.8, 4) is 0 Å². The second-order valence-corrected chi connectivity index (χ2v) is 7.53. The summed E-state index contributed by atoms with van der Waals surface area (Å²) < 4.78 is 0. The number of fused-ring (bicyclic) bond motifs is 1. The molecule has 130 valence electrons. The summed E-state index contributed by atoms with van der Waals surface area (Å²) in [5.74, 6) is -1.54. The van der Waals surface area contributed by atoms with Crippen molar-refractivity contribution in [2.45, 2.75) is 16.3 Å². The summed E-state index contributed by atoms with van der Waals surface area (Å²) in [6, 6.07) is 8.63. The first kappa shape index (κ1) is 20.0. The number of thioether (sulfide) groups is 1. The molecule has 0 aliphatic carbocycles. The van der Waals surface area contributed by atoms with Crippen LogP contribution < -0.4 is 10.6 Å². The fraction of sp³-hybridized carbons (Fsp3) is 0.400. The number of alkyl halides is 1. The molecule has 2 aliphatic rings. The topological polar surface area (TPSA) is 98.7 Å². The number of rotatable bonds is 5. The number of carboxylic acid groups (broad SMARTS) is 1. The Bertz CT molecular complexity index is 680. The minimum atomic E-state index is -1.46. The maximum atomic E-state index is 12.1. The van der Waals surface area contributed by atoms with Gasteiger partial charge in [0.05, 0.1) is 13.1 Å². The van der Waals surface area contributed by atoms with Gasteiger partial charge in [-0.2, -0.15) is 0 Å². The summed E-state index contributed by atoms with van der Waals surface area (Å²) in [6.07, 6.45) is 0. The number of hydrogen-bond acceptors (Lipinski definition) is 5. The number of carbonyl (C=O) groups excluding carboxylic acids is 2. The van der Waals surface area contributed by atoms with Crippen LogP contribution in [-0.2, 0) is 14.4 Å². The Morgan fingerprint density at radius 1 is 1.36 bits per heavy atom. The van der Waals surface area contributed by atoms with Crippen molar-refractivity contribution in [2.75, 3.05) is 24.2 Å². The second-order valence-electron chi connectivity index (χ2n) is 5.70. The van der Waals surface area contributed by atoms with Crippen LogP contribution in [0.5, 0.6) is 0 Å². The number of hydrogen-bond donors (Lipinski definition) is 3. The zero-order chi connectivity index (χ0) is 17.3. The first-order valence-electron chi connectivity index (χ1n) is 7.33. The number of benzene rings is 1. The van der Waals surface area contributed by atoms with Crippen molar-refractivity contribution < 1.29 is 19.5 Å². The number of halogens is 1. The predicted molar refractivity (Wildman–Crippen MR) is 98.2 cm³/mol. The molecule has 0 bridgehead atoms. The standard InChI is InChI=1S/C15H16ClN3O4S.Li.H/c16-15(14(22)23)7-19-12(21)11(13(19)24-8-15)18-10(20)6-17-9-4-2-1-3-5-9;;/h1-5,11,13,17H,6-8H2,(H,18,20)(H,22,23);;/t11?,13-,15?;;/m1../s1. The van der Waals surface area contributed by atoms with Gasteiger partial charge in [-0.1, -0.05) is 18.2 Å². The molecule has 2 aliphatic heterocycles. The van der Waals surface area contributed by atoms with Gasteiger partial charge in [-0.3, -0.25) is 14.4 Å². The number of carboxylic acids is 1. The molecule has 0 radical (unpaired) electrons. The van der Waals surface area contributed by atoms with Crippen LogP contribution in [0.15, 0.2) is 30.3 Å². The predicted octanol–water partition coefficient (Wildman–Crippen LogP) is -0.0879. The number of amides is 2. The van der Waals surface area contributed by atoms with Crippen LogP contribution in [0.4, 0.5) is 5.69 Å². The Hall–Kier alpha value is -1.33. The molecule has 0 spiro atoms. The molecule has 0 saturated carbocycles. The van der Waals surface area contributed by atoms with E-state index in [2.05, 4.69) is 10.6 Å². The molecule has 2 heterocycles. The van der Waals surface area contributed by atoms with Crippen molar-refractivity contribution >= 4 is 65.7 Å². The number of β-lactam (4-membered cyclic amide) rings is 1. The van der Waals surface area contributed by atoms with E-state index in [4.69, 9.17) is 16.7 Å². The fourth-order valence-electron chi connectivity index (χ4n) is 2.64. The van der Waals surface area contributed by atoms with Gasteiger partial charge in [0.1, 0.15) is 11.4 Å². The van der Waals surface area contributed by atoms with Crippen molar-refractivity contribution in [1.29, 1.82) is 0 Å². The molecule has 2 unspecified atom stereocenters. The van der Waals surface area contributed by atoms with Crippen molar-refractivity contribution in [3.63, 3.8) is 0 Å². The van der Waals surface area contributed by atoms with Crippen molar-refractivity contribution in [2.24, 2.45) is 0 Å². The number of para-hydroxylation sites is 1. The molecule has 7 nitrogen and oxygen atoms in total. The third-order valence-electron chi connectivity index (χ3n) is 3.97. The first-order valence-corrected chi connectivity index (χ1v) is 8.76. The Balaban J connectivity index is 0.00000225. The van der Waals surface area contributed by atoms with Gasteiger partial charge in [-0.25, -0.2) is 0 Å². The Kier molecular flexibility index (Phi) is 6.33. The number of aliphatic carboxylic acids is 1. The molecular formula is C15H17ClLiN3O4S. The molecule has 3 rings (SSSR count). The SMILES string of the molecule is O=C(CNc1ccccc1)NC1C(=O)N2CC(Cl)(C(=O)O)CS[C@H]12.[LiH]. The summed E-state index contributed by atoms with van der Waals surface area (Å²) in [5.41, 5.74) is 0.814. The maximum absolute atomic E-state index is 12.1. The molecule has 3 atom stereocenters. The zero-order valence-electron chi connectivity index (χ0n) is 12.6. The number of nitrogens with one attached hydrogen (secondary N) is 2. The Labute approximate surface area is 166 Å². The number of carbonyl (C=O) groups is 3. The van der Waals surface area contributed by atoms with E-state index in [0.29, 0.717) is 0 Å². The van der Waals surface area contributed by atoms with Gasteiger partial charge in [-0.15, -0.1) is 23.4 Å². The van der Waals surface area contributed by atoms with Crippen molar-refractivity contribution in [1.82, 2.24) is 10.2 Å². The number of nitrogens with zero attached hydrogens (tertiary/aromatic N) is 1. The molecule has 10 heteroatoms. The van der Waals surface area contributed by atoms with Crippen LogP contribution >= 0.6 is 23.4 Å². The van der Waals surface area contributed by atoms with Gasteiger partial charge in [0, 0.05) is 11.4 Å². The van der Waals surface area contributed by atoms with Gasteiger partial charge >= 0.3 is 24.8 Å². The number of anilines is 1. The molecule has 1 aromatic rings. The summed E-state index contributed by atoms with van der Waals surface area (Å²) in [7, 11) is 0. The Morgan fingerprint density at radius 3 is 2.68 bits per heavy atom. The van der Waals surface area contributed by atoms with E-state index in [1.807, 2.05) is 30.3 Å². The molecule has 2 fully saturated rings. The van der Waals surface area contributed by atoms with Crippen LogP contribution in [0, 0.1) is 0 Å². The average molecular weight is 378 g/mol. The molecular weight excluding hydrogens is 361 g/mol. The second kappa shape index (κ2) is 7.92. The normalized spacial score (nSPS) is 27.4. The zero-order valence-corrected chi connectivity index (χ0v) is 14.1. The summed E-state index contributed by atoms with van der Waals surface area (Å²) in [6.45, 7) is 0.00870. The van der Waals surface area contributed by atoms with Gasteiger partial charge in [-0.05, 0) is 12.1 Å². The van der Waals surface area contributed by atoms with Crippen LogP contribution in [0.3, 0.4) is 0 Å². The van der Waals surface area contributed by atoms with Gasteiger partial charge in [0.25, 0.3) is 0 Å². The van der Waals surface area contributed by atoms with E-state index < -0.39 is 16.9 Å². The van der Waals surface area contributed by atoms with E-state index in [9.17, 15) is 14.4 Å². The van der Waals surface area contributed by atoms with Gasteiger partial charge in [0.2, 0.25) is 11.8 Å². The average Bonchev–Trinajstić information content (AvgIpc) is 2.58. The van der Waals surface area contributed by atoms with Crippen LogP contribution in [-0.4, -0.2) is 81.8 Å². The quantitative estimate of drug-likeness (QED) is 0.377. The van der Waals surface area contributed by atoms with Crippen LogP contribution in [0.1, 0.15) is 0 Å². The van der Waals surface area contributed by atoms with E-state index in [1.54, 1.807) is 0 Å². The molecule has 0 aromatic heterocycles.